The van der Waals surface area contributed by atoms with Crippen molar-refractivity contribution in [3.63, 3.8) is 0 Å². The Hall–Kier alpha value is -1.57. The molecular weight excluding hydrogens is 366 g/mol. The van der Waals surface area contributed by atoms with Crippen LogP contribution in [0.2, 0.25) is 5.02 Å². The second-order valence-electron chi connectivity index (χ2n) is 6.76. The molecule has 1 saturated heterocycles. The molecule has 134 valence electrons. The van der Waals surface area contributed by atoms with Crippen LogP contribution in [-0.2, 0) is 16.4 Å². The van der Waals surface area contributed by atoms with Crippen LogP contribution in [0.25, 0.3) is 11.0 Å². The van der Waals surface area contributed by atoms with E-state index in [4.69, 9.17) is 20.8 Å². The standard InChI is InChI=1S/C17H18ClNO5S/c1-9-10(2)17(20)24-15-12(9)5-14(18)16-13(15)6-19(8-23-16)11-3-4-25(21,22)7-11/h5,11H,3-4,6-8H2,1-2H3. The summed E-state index contributed by atoms with van der Waals surface area (Å²) in [4.78, 5) is 14.1. The van der Waals surface area contributed by atoms with E-state index in [9.17, 15) is 13.2 Å². The maximum atomic E-state index is 12.1. The fourth-order valence-corrected chi connectivity index (χ4v) is 5.62. The van der Waals surface area contributed by atoms with Crippen molar-refractivity contribution in [2.75, 3.05) is 18.2 Å². The first kappa shape index (κ1) is 16.9. The normalized spacial score (nSPS) is 22.8. The van der Waals surface area contributed by atoms with E-state index in [1.165, 1.54) is 0 Å². The largest absolute Gasteiger partial charge is 0.476 e. The minimum absolute atomic E-state index is 0.0922. The van der Waals surface area contributed by atoms with E-state index < -0.39 is 9.84 Å². The molecule has 0 amide bonds. The molecule has 2 aliphatic rings. The molecule has 0 saturated carbocycles. The van der Waals surface area contributed by atoms with Crippen molar-refractivity contribution < 1.29 is 17.6 Å². The summed E-state index contributed by atoms with van der Waals surface area (Å²) >= 11 is 6.38. The smallest absolute Gasteiger partial charge is 0.339 e. The van der Waals surface area contributed by atoms with Gasteiger partial charge in [0, 0.05) is 23.5 Å². The van der Waals surface area contributed by atoms with Crippen molar-refractivity contribution in [3.8, 4) is 5.75 Å². The zero-order valence-electron chi connectivity index (χ0n) is 14.0. The van der Waals surface area contributed by atoms with Gasteiger partial charge in [-0.05, 0) is 31.9 Å². The Balaban J connectivity index is 1.83. The Morgan fingerprint density at radius 2 is 2.04 bits per heavy atom. The molecule has 1 unspecified atom stereocenters. The summed E-state index contributed by atoms with van der Waals surface area (Å²) in [6.07, 6.45) is 0.585. The Bertz CT molecular complexity index is 1040. The Morgan fingerprint density at radius 3 is 2.72 bits per heavy atom. The number of ether oxygens (including phenoxy) is 1. The molecule has 1 fully saturated rings. The number of aryl methyl sites for hydroxylation is 1. The van der Waals surface area contributed by atoms with Gasteiger partial charge in [0.15, 0.2) is 9.84 Å². The fourth-order valence-electron chi connectivity index (χ4n) is 3.58. The number of rotatable bonds is 1. The molecule has 2 aromatic rings. The van der Waals surface area contributed by atoms with Crippen LogP contribution >= 0.6 is 11.6 Å². The average molecular weight is 384 g/mol. The minimum Gasteiger partial charge on any atom is -0.476 e. The molecule has 4 rings (SSSR count). The Labute approximate surface area is 150 Å². The van der Waals surface area contributed by atoms with Crippen LogP contribution in [0, 0.1) is 13.8 Å². The number of nitrogens with zero attached hydrogens (tertiary/aromatic N) is 1. The van der Waals surface area contributed by atoms with Gasteiger partial charge in [0.05, 0.1) is 22.1 Å². The highest BCUT2D eigenvalue weighted by Crippen LogP contribution is 2.40. The third-order valence-corrected chi connectivity index (χ3v) is 7.24. The lowest BCUT2D eigenvalue weighted by atomic mass is 10.0. The van der Waals surface area contributed by atoms with Crippen molar-refractivity contribution in [1.82, 2.24) is 4.90 Å². The summed E-state index contributed by atoms with van der Waals surface area (Å²) in [6, 6.07) is 1.67. The van der Waals surface area contributed by atoms with Gasteiger partial charge in [-0.1, -0.05) is 11.6 Å². The van der Waals surface area contributed by atoms with E-state index in [1.54, 1.807) is 13.0 Å². The summed E-state index contributed by atoms with van der Waals surface area (Å²) in [6.45, 7) is 4.30. The predicted molar refractivity (Wildman–Crippen MR) is 95.1 cm³/mol. The molecule has 0 N–H and O–H groups in total. The van der Waals surface area contributed by atoms with E-state index in [-0.39, 0.29) is 29.9 Å². The third kappa shape index (κ3) is 2.74. The highest BCUT2D eigenvalue weighted by molar-refractivity contribution is 7.91. The number of halogens is 1. The zero-order valence-corrected chi connectivity index (χ0v) is 15.5. The van der Waals surface area contributed by atoms with Gasteiger partial charge in [0.25, 0.3) is 0 Å². The highest BCUT2D eigenvalue weighted by atomic mass is 35.5. The maximum Gasteiger partial charge on any atom is 0.339 e. The summed E-state index contributed by atoms with van der Waals surface area (Å²) in [7, 11) is -2.99. The first-order valence-electron chi connectivity index (χ1n) is 8.09. The number of hydrogen-bond donors (Lipinski definition) is 0. The molecular formula is C17H18ClNO5S. The van der Waals surface area contributed by atoms with E-state index in [1.807, 2.05) is 11.8 Å². The van der Waals surface area contributed by atoms with Gasteiger partial charge in [0.2, 0.25) is 0 Å². The minimum atomic E-state index is -2.99. The van der Waals surface area contributed by atoms with Crippen LogP contribution in [0.3, 0.4) is 0 Å². The van der Waals surface area contributed by atoms with Gasteiger partial charge in [-0.2, -0.15) is 0 Å². The van der Waals surface area contributed by atoms with Gasteiger partial charge in [0.1, 0.15) is 18.1 Å². The number of hydrogen-bond acceptors (Lipinski definition) is 6. The molecule has 8 heteroatoms. The van der Waals surface area contributed by atoms with E-state index in [0.29, 0.717) is 40.4 Å². The quantitative estimate of drug-likeness (QED) is 0.704. The molecule has 0 spiro atoms. The van der Waals surface area contributed by atoms with Crippen molar-refractivity contribution >= 4 is 32.4 Å². The van der Waals surface area contributed by atoms with Gasteiger partial charge in [-0.25, -0.2) is 13.2 Å². The zero-order chi connectivity index (χ0) is 17.9. The maximum absolute atomic E-state index is 12.1. The van der Waals surface area contributed by atoms with Gasteiger partial charge in [-0.3, -0.25) is 4.90 Å². The van der Waals surface area contributed by atoms with Crippen LogP contribution in [-0.4, -0.2) is 37.6 Å². The average Bonchev–Trinajstić information content (AvgIpc) is 2.94. The molecule has 1 aromatic heterocycles. The number of benzene rings is 1. The molecule has 1 atom stereocenters. The van der Waals surface area contributed by atoms with Gasteiger partial charge >= 0.3 is 5.63 Å². The second-order valence-corrected chi connectivity index (χ2v) is 9.40. The number of fused-ring (bicyclic) bond motifs is 3. The third-order valence-electron chi connectivity index (χ3n) is 5.21. The summed E-state index contributed by atoms with van der Waals surface area (Å²) in [5.74, 6) is 0.842. The first-order valence-corrected chi connectivity index (χ1v) is 10.3. The van der Waals surface area contributed by atoms with E-state index in [2.05, 4.69) is 0 Å². The van der Waals surface area contributed by atoms with Crippen LogP contribution in [0.4, 0.5) is 0 Å². The van der Waals surface area contributed by atoms with Crippen LogP contribution < -0.4 is 10.4 Å². The summed E-state index contributed by atoms with van der Waals surface area (Å²) < 4.78 is 34.9. The molecule has 1 aromatic carbocycles. The van der Waals surface area contributed by atoms with Gasteiger partial charge < -0.3 is 9.15 Å². The SMILES string of the molecule is Cc1c(C)c2cc(Cl)c3c(c2oc1=O)CN(C1CCS(=O)(=O)C1)CO3. The van der Waals surface area contributed by atoms with Crippen LogP contribution in [0.1, 0.15) is 23.1 Å². The molecule has 0 bridgehead atoms. The van der Waals surface area contributed by atoms with Crippen molar-refractivity contribution in [2.24, 2.45) is 0 Å². The fraction of sp³-hybridized carbons (Fsp3) is 0.471. The molecule has 2 aliphatic heterocycles. The van der Waals surface area contributed by atoms with Crippen molar-refractivity contribution in [2.45, 2.75) is 32.9 Å². The predicted octanol–water partition coefficient (Wildman–Crippen LogP) is 2.40. The first-order chi connectivity index (χ1) is 11.8. The van der Waals surface area contributed by atoms with Gasteiger partial charge in [-0.15, -0.1) is 0 Å². The number of sulfone groups is 1. The van der Waals surface area contributed by atoms with E-state index >= 15 is 0 Å². The molecule has 3 heterocycles. The Kier molecular flexibility index (Phi) is 3.86. The van der Waals surface area contributed by atoms with Crippen molar-refractivity contribution in [3.05, 3.63) is 38.2 Å². The summed E-state index contributed by atoms with van der Waals surface area (Å²) in [5.41, 5.74) is 2.18. The molecule has 25 heavy (non-hydrogen) atoms. The molecule has 6 nitrogen and oxygen atoms in total. The van der Waals surface area contributed by atoms with Crippen LogP contribution in [0.5, 0.6) is 5.75 Å². The lowest BCUT2D eigenvalue weighted by Gasteiger charge is -2.33. The monoisotopic (exact) mass is 383 g/mol. The lowest BCUT2D eigenvalue weighted by Crippen LogP contribution is -2.41. The Morgan fingerprint density at radius 1 is 1.28 bits per heavy atom. The van der Waals surface area contributed by atoms with E-state index in [0.717, 1.165) is 10.9 Å². The molecule has 0 aliphatic carbocycles. The van der Waals surface area contributed by atoms with Crippen LogP contribution in [0.15, 0.2) is 15.3 Å². The topological polar surface area (TPSA) is 76.8 Å². The highest BCUT2D eigenvalue weighted by Gasteiger charge is 2.35. The van der Waals surface area contributed by atoms with Crippen molar-refractivity contribution in [1.29, 1.82) is 0 Å². The molecule has 0 radical (unpaired) electrons. The summed E-state index contributed by atoms with van der Waals surface area (Å²) in [5, 5.41) is 1.25. The second kappa shape index (κ2) is 5.72. The lowest BCUT2D eigenvalue weighted by molar-refractivity contribution is 0.0649.